The second-order valence-corrected chi connectivity index (χ2v) is 6.95. The van der Waals surface area contributed by atoms with Crippen molar-refractivity contribution in [2.45, 2.75) is 64.5 Å². The van der Waals surface area contributed by atoms with E-state index in [4.69, 9.17) is 4.74 Å². The fourth-order valence-electron chi connectivity index (χ4n) is 3.79. The summed E-state index contributed by atoms with van der Waals surface area (Å²) in [5, 5.41) is 7.37. The third-order valence-electron chi connectivity index (χ3n) is 5.26. The van der Waals surface area contributed by atoms with E-state index in [0.29, 0.717) is 12.1 Å². The van der Waals surface area contributed by atoms with Crippen LogP contribution in [0.1, 0.15) is 51.5 Å². The lowest BCUT2D eigenvalue weighted by Crippen LogP contribution is -2.44. The molecule has 0 amide bonds. The van der Waals surface area contributed by atoms with Crippen molar-refractivity contribution >= 4 is 5.69 Å². The molecule has 0 bridgehead atoms. The molecule has 0 aromatic heterocycles. The number of benzene rings is 1. The number of nitrogens with one attached hydrogen (secondary N) is 2. The van der Waals surface area contributed by atoms with E-state index in [9.17, 15) is 0 Å². The molecule has 1 saturated carbocycles. The van der Waals surface area contributed by atoms with Crippen molar-refractivity contribution in [3.05, 3.63) is 23.8 Å². The quantitative estimate of drug-likeness (QED) is 0.863. The molecule has 0 spiro atoms. The van der Waals surface area contributed by atoms with Crippen LogP contribution < -0.4 is 15.4 Å². The van der Waals surface area contributed by atoms with Crippen molar-refractivity contribution in [3.63, 3.8) is 0 Å². The van der Waals surface area contributed by atoms with Crippen molar-refractivity contribution in [1.29, 1.82) is 0 Å². The number of rotatable bonds is 5. The van der Waals surface area contributed by atoms with Gasteiger partial charge in [0.1, 0.15) is 12.4 Å². The predicted molar refractivity (Wildman–Crippen MR) is 92.8 cm³/mol. The molecule has 1 aliphatic heterocycles. The average Bonchev–Trinajstić information content (AvgIpc) is 2.56. The van der Waals surface area contributed by atoms with E-state index in [-0.39, 0.29) is 0 Å². The Morgan fingerprint density at radius 2 is 2.18 bits per heavy atom. The molecule has 3 unspecified atom stereocenters. The van der Waals surface area contributed by atoms with Crippen molar-refractivity contribution < 1.29 is 4.74 Å². The third-order valence-corrected chi connectivity index (χ3v) is 5.26. The zero-order valence-corrected chi connectivity index (χ0v) is 14.0. The van der Waals surface area contributed by atoms with Crippen molar-refractivity contribution in [2.75, 3.05) is 18.5 Å². The summed E-state index contributed by atoms with van der Waals surface area (Å²) in [5.41, 5.74) is 2.56. The van der Waals surface area contributed by atoms with Gasteiger partial charge in [-0.2, -0.15) is 0 Å². The number of fused-ring (bicyclic) bond motifs is 1. The van der Waals surface area contributed by atoms with Crippen LogP contribution in [0.15, 0.2) is 18.2 Å². The van der Waals surface area contributed by atoms with Gasteiger partial charge in [0.05, 0.1) is 5.69 Å². The van der Waals surface area contributed by atoms with Gasteiger partial charge in [-0.05, 0) is 49.3 Å². The second kappa shape index (κ2) is 7.36. The molecular weight excluding hydrogens is 272 g/mol. The van der Waals surface area contributed by atoms with Crippen LogP contribution in [0.5, 0.6) is 5.75 Å². The summed E-state index contributed by atoms with van der Waals surface area (Å²) in [6.45, 7) is 6.38. The summed E-state index contributed by atoms with van der Waals surface area (Å²) in [5.74, 6) is 1.82. The van der Waals surface area contributed by atoms with Crippen molar-refractivity contribution in [1.82, 2.24) is 5.32 Å². The molecule has 3 rings (SSSR count). The Labute approximate surface area is 134 Å². The molecule has 1 fully saturated rings. The minimum atomic E-state index is 0.577. The smallest absolute Gasteiger partial charge is 0.142 e. The number of ether oxygens (including phenoxy) is 1. The zero-order valence-electron chi connectivity index (χ0n) is 14.0. The predicted octanol–water partition coefficient (Wildman–Crippen LogP) is 3.98. The lowest BCUT2D eigenvalue weighted by atomic mass is 9.85. The van der Waals surface area contributed by atoms with Gasteiger partial charge in [0.25, 0.3) is 0 Å². The minimum absolute atomic E-state index is 0.577. The van der Waals surface area contributed by atoms with Crippen LogP contribution in [0.3, 0.4) is 0 Å². The topological polar surface area (TPSA) is 33.3 Å². The van der Waals surface area contributed by atoms with Crippen LogP contribution >= 0.6 is 0 Å². The van der Waals surface area contributed by atoms with Gasteiger partial charge in [-0.25, -0.2) is 0 Å². The molecule has 3 atom stereocenters. The van der Waals surface area contributed by atoms with E-state index in [0.717, 1.165) is 36.9 Å². The largest absolute Gasteiger partial charge is 0.490 e. The van der Waals surface area contributed by atoms with Crippen LogP contribution in [0, 0.1) is 5.92 Å². The average molecular weight is 302 g/mol. The monoisotopic (exact) mass is 302 g/mol. The lowest BCUT2D eigenvalue weighted by Gasteiger charge is -2.33. The fraction of sp³-hybridized carbons (Fsp3) is 0.684. The second-order valence-electron chi connectivity index (χ2n) is 6.95. The highest BCUT2D eigenvalue weighted by Crippen LogP contribution is 2.29. The van der Waals surface area contributed by atoms with Gasteiger partial charge in [-0.3, -0.25) is 0 Å². The van der Waals surface area contributed by atoms with Gasteiger partial charge in [-0.1, -0.05) is 32.8 Å². The van der Waals surface area contributed by atoms with E-state index in [1.54, 1.807) is 0 Å². The van der Waals surface area contributed by atoms with E-state index in [1.807, 2.05) is 0 Å². The Hall–Kier alpha value is -1.22. The Balaban J connectivity index is 1.62. The van der Waals surface area contributed by atoms with Gasteiger partial charge in [0.2, 0.25) is 0 Å². The van der Waals surface area contributed by atoms with Gasteiger partial charge in [0.15, 0.2) is 0 Å². The summed E-state index contributed by atoms with van der Waals surface area (Å²) in [4.78, 5) is 0. The first-order chi connectivity index (χ1) is 10.8. The highest BCUT2D eigenvalue weighted by molar-refractivity contribution is 5.59. The van der Waals surface area contributed by atoms with Gasteiger partial charge >= 0.3 is 0 Å². The molecular formula is C19H30N2O. The number of hydrogen-bond donors (Lipinski definition) is 2. The number of anilines is 1. The SMILES string of the molecule is CCC(Cc1ccc2c(c1)NCCO2)NC1CCCCC1C. The Kier molecular flexibility index (Phi) is 5.24. The summed E-state index contributed by atoms with van der Waals surface area (Å²) >= 11 is 0. The molecule has 3 heteroatoms. The molecule has 1 aromatic rings. The van der Waals surface area contributed by atoms with Gasteiger partial charge < -0.3 is 15.4 Å². The van der Waals surface area contributed by atoms with Crippen LogP contribution in [-0.2, 0) is 6.42 Å². The van der Waals surface area contributed by atoms with Crippen LogP contribution in [-0.4, -0.2) is 25.2 Å². The standard InChI is InChI=1S/C19H30N2O/c1-3-16(21-17-7-5-4-6-14(17)2)12-15-8-9-19-18(13-15)20-10-11-22-19/h8-9,13-14,16-17,20-21H,3-7,10-12H2,1-2H3. The fourth-order valence-corrected chi connectivity index (χ4v) is 3.79. The molecule has 0 saturated heterocycles. The molecule has 2 N–H and O–H groups in total. The van der Waals surface area contributed by atoms with Gasteiger partial charge in [-0.15, -0.1) is 0 Å². The Morgan fingerprint density at radius 3 is 3.00 bits per heavy atom. The molecule has 122 valence electrons. The van der Waals surface area contributed by atoms with E-state index < -0.39 is 0 Å². The summed E-state index contributed by atoms with van der Waals surface area (Å²) in [7, 11) is 0. The van der Waals surface area contributed by atoms with E-state index in [1.165, 1.54) is 37.7 Å². The lowest BCUT2D eigenvalue weighted by molar-refractivity contribution is 0.254. The highest BCUT2D eigenvalue weighted by atomic mass is 16.5. The maximum Gasteiger partial charge on any atom is 0.142 e. The van der Waals surface area contributed by atoms with Crippen LogP contribution in [0.2, 0.25) is 0 Å². The highest BCUT2D eigenvalue weighted by Gasteiger charge is 2.23. The maximum atomic E-state index is 5.67. The summed E-state index contributed by atoms with van der Waals surface area (Å²) in [6, 6.07) is 7.89. The molecule has 22 heavy (non-hydrogen) atoms. The zero-order chi connectivity index (χ0) is 15.4. The maximum absolute atomic E-state index is 5.67. The van der Waals surface area contributed by atoms with Crippen LogP contribution in [0.25, 0.3) is 0 Å². The summed E-state index contributed by atoms with van der Waals surface area (Å²) < 4.78 is 5.67. The van der Waals surface area contributed by atoms with Gasteiger partial charge in [0, 0.05) is 18.6 Å². The minimum Gasteiger partial charge on any atom is -0.490 e. The molecule has 2 aliphatic rings. The molecule has 3 nitrogen and oxygen atoms in total. The Morgan fingerprint density at radius 1 is 1.32 bits per heavy atom. The molecule has 0 radical (unpaired) electrons. The first kappa shape index (κ1) is 15.7. The first-order valence-electron chi connectivity index (χ1n) is 9.02. The molecule has 1 aliphatic carbocycles. The van der Waals surface area contributed by atoms with Crippen molar-refractivity contribution in [2.24, 2.45) is 5.92 Å². The Bertz CT molecular complexity index is 488. The van der Waals surface area contributed by atoms with Crippen LogP contribution in [0.4, 0.5) is 5.69 Å². The number of hydrogen-bond acceptors (Lipinski definition) is 3. The molecule has 1 heterocycles. The normalized spacial score (nSPS) is 25.7. The molecule has 1 aromatic carbocycles. The first-order valence-corrected chi connectivity index (χ1v) is 9.02. The summed E-state index contributed by atoms with van der Waals surface area (Å²) in [6.07, 6.45) is 7.82. The van der Waals surface area contributed by atoms with E-state index in [2.05, 4.69) is 42.7 Å². The third kappa shape index (κ3) is 3.75. The van der Waals surface area contributed by atoms with E-state index >= 15 is 0 Å². The van der Waals surface area contributed by atoms with Crippen molar-refractivity contribution in [3.8, 4) is 5.75 Å².